The molecule has 1 fully saturated rings. The third-order valence-electron chi connectivity index (χ3n) is 4.23. The number of fused-ring (bicyclic) bond motifs is 1. The fourth-order valence-electron chi connectivity index (χ4n) is 2.92. The van der Waals surface area contributed by atoms with E-state index >= 15 is 0 Å². The van der Waals surface area contributed by atoms with Gasteiger partial charge in [-0.1, -0.05) is 0 Å². The summed E-state index contributed by atoms with van der Waals surface area (Å²) in [6.07, 6.45) is 1.75. The van der Waals surface area contributed by atoms with Gasteiger partial charge in [0.05, 0.1) is 25.8 Å². The van der Waals surface area contributed by atoms with Crippen LogP contribution in [0.4, 0.5) is 0 Å². The molecule has 1 saturated heterocycles. The standard InChI is InChI=1S/C17H20N2O6/c1-23-12-6-10-11(7-13(12)24-2)19-17(22)14(15(10)20)16(21)18-8-9-4-3-5-25-9/h6-7,9H,3-5,8H2,1-2H3,(H,18,21)(H2,19,20,22). The number of methoxy groups -OCH3 is 2. The Morgan fingerprint density at radius 1 is 1.36 bits per heavy atom. The van der Waals surface area contributed by atoms with Crippen molar-refractivity contribution in [1.82, 2.24) is 10.3 Å². The number of aromatic amines is 1. The van der Waals surface area contributed by atoms with E-state index in [0.29, 0.717) is 35.6 Å². The van der Waals surface area contributed by atoms with Crippen molar-refractivity contribution in [3.8, 4) is 17.2 Å². The molecule has 1 amide bonds. The molecule has 0 bridgehead atoms. The van der Waals surface area contributed by atoms with Crippen molar-refractivity contribution in [2.75, 3.05) is 27.4 Å². The number of amides is 1. The van der Waals surface area contributed by atoms with E-state index in [2.05, 4.69) is 10.3 Å². The van der Waals surface area contributed by atoms with Gasteiger partial charge < -0.3 is 29.6 Å². The largest absolute Gasteiger partial charge is 0.506 e. The molecule has 0 radical (unpaired) electrons. The van der Waals surface area contributed by atoms with Crippen LogP contribution in [0, 0.1) is 0 Å². The molecular formula is C17H20N2O6. The van der Waals surface area contributed by atoms with Crippen LogP contribution in [-0.4, -0.2) is 49.5 Å². The molecule has 2 aromatic rings. The fraction of sp³-hybridized carbons (Fsp3) is 0.412. The number of hydrogen-bond donors (Lipinski definition) is 3. The summed E-state index contributed by atoms with van der Waals surface area (Å²) in [6.45, 7) is 0.964. The quantitative estimate of drug-likeness (QED) is 0.748. The van der Waals surface area contributed by atoms with Gasteiger partial charge >= 0.3 is 0 Å². The number of pyridine rings is 1. The zero-order chi connectivity index (χ0) is 18.0. The van der Waals surface area contributed by atoms with E-state index in [-0.39, 0.29) is 11.7 Å². The van der Waals surface area contributed by atoms with E-state index in [4.69, 9.17) is 14.2 Å². The first kappa shape index (κ1) is 17.1. The number of hydrogen-bond acceptors (Lipinski definition) is 6. The van der Waals surface area contributed by atoms with Crippen LogP contribution in [0.25, 0.3) is 10.9 Å². The van der Waals surface area contributed by atoms with Crippen molar-refractivity contribution in [3.63, 3.8) is 0 Å². The zero-order valence-corrected chi connectivity index (χ0v) is 14.0. The van der Waals surface area contributed by atoms with Gasteiger partial charge in [0.2, 0.25) is 0 Å². The molecule has 0 saturated carbocycles. The van der Waals surface area contributed by atoms with E-state index < -0.39 is 17.2 Å². The molecule has 0 spiro atoms. The van der Waals surface area contributed by atoms with Crippen molar-refractivity contribution in [3.05, 3.63) is 28.0 Å². The Morgan fingerprint density at radius 2 is 2.08 bits per heavy atom. The van der Waals surface area contributed by atoms with Crippen LogP contribution in [0.15, 0.2) is 16.9 Å². The molecule has 1 aliphatic rings. The van der Waals surface area contributed by atoms with Gasteiger partial charge in [-0.2, -0.15) is 0 Å². The highest BCUT2D eigenvalue weighted by Crippen LogP contribution is 2.35. The van der Waals surface area contributed by atoms with Gasteiger partial charge in [-0.3, -0.25) is 9.59 Å². The van der Waals surface area contributed by atoms with Crippen LogP contribution in [-0.2, 0) is 4.74 Å². The second-order valence-electron chi connectivity index (χ2n) is 5.78. The summed E-state index contributed by atoms with van der Waals surface area (Å²) in [4.78, 5) is 27.2. The summed E-state index contributed by atoms with van der Waals surface area (Å²) in [7, 11) is 2.93. The number of aromatic hydroxyl groups is 1. The van der Waals surface area contributed by atoms with Gasteiger partial charge in [0.1, 0.15) is 11.3 Å². The van der Waals surface area contributed by atoms with Crippen molar-refractivity contribution >= 4 is 16.8 Å². The molecule has 2 heterocycles. The number of nitrogens with one attached hydrogen (secondary N) is 2. The van der Waals surface area contributed by atoms with Crippen LogP contribution in [0.1, 0.15) is 23.2 Å². The Balaban J connectivity index is 1.97. The number of benzene rings is 1. The van der Waals surface area contributed by atoms with Crippen LogP contribution in [0.2, 0.25) is 0 Å². The Hall–Kier alpha value is -2.74. The summed E-state index contributed by atoms with van der Waals surface area (Å²) in [6, 6.07) is 3.04. The van der Waals surface area contributed by atoms with Crippen LogP contribution >= 0.6 is 0 Å². The fourth-order valence-corrected chi connectivity index (χ4v) is 2.92. The zero-order valence-electron chi connectivity index (χ0n) is 14.0. The predicted molar refractivity (Wildman–Crippen MR) is 90.6 cm³/mol. The van der Waals surface area contributed by atoms with Crippen LogP contribution in [0.5, 0.6) is 17.2 Å². The maximum atomic E-state index is 12.4. The Morgan fingerprint density at radius 3 is 2.72 bits per heavy atom. The number of carbonyl (C=O) groups excluding carboxylic acids is 1. The summed E-state index contributed by atoms with van der Waals surface area (Å²) in [5, 5.41) is 13.4. The number of ether oxygens (including phenoxy) is 3. The van der Waals surface area contributed by atoms with Gasteiger partial charge in [-0.25, -0.2) is 0 Å². The van der Waals surface area contributed by atoms with Crippen molar-refractivity contribution < 1.29 is 24.1 Å². The van der Waals surface area contributed by atoms with E-state index in [0.717, 1.165) is 12.8 Å². The molecule has 134 valence electrons. The summed E-state index contributed by atoms with van der Waals surface area (Å²) >= 11 is 0. The lowest BCUT2D eigenvalue weighted by Crippen LogP contribution is -2.35. The third-order valence-corrected chi connectivity index (χ3v) is 4.23. The van der Waals surface area contributed by atoms with Crippen molar-refractivity contribution in [2.45, 2.75) is 18.9 Å². The predicted octanol–water partition coefficient (Wildman–Crippen LogP) is 1.16. The van der Waals surface area contributed by atoms with Crippen molar-refractivity contribution in [1.29, 1.82) is 0 Å². The lowest BCUT2D eigenvalue weighted by Gasteiger charge is -2.13. The Labute approximate surface area is 143 Å². The molecule has 8 nitrogen and oxygen atoms in total. The molecule has 1 atom stereocenters. The molecule has 8 heteroatoms. The second kappa shape index (κ2) is 7.02. The average Bonchev–Trinajstić information content (AvgIpc) is 3.12. The van der Waals surface area contributed by atoms with E-state index in [9.17, 15) is 14.7 Å². The smallest absolute Gasteiger partial charge is 0.265 e. The average molecular weight is 348 g/mol. The molecule has 3 N–H and O–H groups in total. The second-order valence-corrected chi connectivity index (χ2v) is 5.78. The highest BCUT2D eigenvalue weighted by Gasteiger charge is 2.22. The minimum absolute atomic E-state index is 0.0602. The highest BCUT2D eigenvalue weighted by molar-refractivity contribution is 6.02. The molecule has 25 heavy (non-hydrogen) atoms. The lowest BCUT2D eigenvalue weighted by molar-refractivity contribution is 0.0854. The summed E-state index contributed by atoms with van der Waals surface area (Å²) < 4.78 is 15.8. The minimum Gasteiger partial charge on any atom is -0.506 e. The van der Waals surface area contributed by atoms with Gasteiger partial charge in [0.15, 0.2) is 11.5 Å². The molecular weight excluding hydrogens is 328 g/mol. The molecule has 1 aromatic carbocycles. The maximum absolute atomic E-state index is 12.4. The molecule has 3 rings (SSSR count). The number of rotatable bonds is 5. The minimum atomic E-state index is -0.679. The first-order valence-electron chi connectivity index (χ1n) is 7.96. The third kappa shape index (κ3) is 3.25. The first-order valence-corrected chi connectivity index (χ1v) is 7.96. The Kier molecular flexibility index (Phi) is 4.80. The lowest BCUT2D eigenvalue weighted by atomic mass is 10.1. The van der Waals surface area contributed by atoms with E-state index in [1.54, 1.807) is 0 Å². The van der Waals surface area contributed by atoms with Gasteiger partial charge in [-0.15, -0.1) is 0 Å². The number of carbonyl (C=O) groups is 1. The van der Waals surface area contributed by atoms with E-state index in [1.807, 2.05) is 0 Å². The van der Waals surface area contributed by atoms with Crippen molar-refractivity contribution in [2.24, 2.45) is 0 Å². The Bertz CT molecular complexity index is 854. The number of H-pyrrole nitrogens is 1. The normalized spacial score (nSPS) is 16.8. The molecule has 0 aliphatic carbocycles. The van der Waals surface area contributed by atoms with Gasteiger partial charge in [0.25, 0.3) is 11.5 Å². The molecule has 1 aromatic heterocycles. The van der Waals surface area contributed by atoms with Gasteiger partial charge in [-0.05, 0) is 18.9 Å². The summed E-state index contributed by atoms with van der Waals surface area (Å²) in [5.74, 6) is -0.265. The van der Waals surface area contributed by atoms with Gasteiger partial charge in [0, 0.05) is 24.6 Å². The topological polar surface area (TPSA) is 110 Å². The molecule has 1 aliphatic heterocycles. The molecule has 1 unspecified atom stereocenters. The van der Waals surface area contributed by atoms with E-state index in [1.165, 1.54) is 26.4 Å². The van der Waals surface area contributed by atoms with Crippen LogP contribution in [0.3, 0.4) is 0 Å². The monoisotopic (exact) mass is 348 g/mol. The SMILES string of the molecule is COc1cc2[nH]c(=O)c(C(=O)NCC3CCCO3)c(O)c2cc1OC. The maximum Gasteiger partial charge on any atom is 0.265 e. The first-order chi connectivity index (χ1) is 12.0. The van der Waals surface area contributed by atoms with Crippen LogP contribution < -0.4 is 20.3 Å². The highest BCUT2D eigenvalue weighted by atomic mass is 16.5. The summed E-state index contributed by atoms with van der Waals surface area (Å²) in [5.41, 5.74) is -0.671. The number of aromatic nitrogens is 1.